The van der Waals surface area contributed by atoms with E-state index in [1.165, 1.54) is 4.90 Å². The monoisotopic (exact) mass is 509 g/mol. The predicted molar refractivity (Wildman–Crippen MR) is 135 cm³/mol. The van der Waals surface area contributed by atoms with Crippen molar-refractivity contribution in [1.82, 2.24) is 10.2 Å². The van der Waals surface area contributed by atoms with Gasteiger partial charge in [0.2, 0.25) is 21.8 Å². The maximum absolute atomic E-state index is 13.5. The van der Waals surface area contributed by atoms with Crippen LogP contribution in [0, 0.1) is 0 Å². The summed E-state index contributed by atoms with van der Waals surface area (Å²) in [4.78, 5) is 27.6. The van der Waals surface area contributed by atoms with Crippen LogP contribution in [0.15, 0.2) is 48.5 Å². The van der Waals surface area contributed by atoms with Crippen LogP contribution < -0.4 is 14.4 Å². The fourth-order valence-electron chi connectivity index (χ4n) is 3.30. The van der Waals surface area contributed by atoms with Crippen molar-refractivity contribution in [1.29, 1.82) is 0 Å². The summed E-state index contributed by atoms with van der Waals surface area (Å²) in [5.41, 5.74) is 1.02. The van der Waals surface area contributed by atoms with Crippen LogP contribution in [0.25, 0.3) is 0 Å². The molecular weight excluding hydrogens is 478 g/mol. The summed E-state index contributed by atoms with van der Waals surface area (Å²) in [7, 11) is -3.84. The Balaban J connectivity index is 2.40. The third kappa shape index (κ3) is 7.63. The van der Waals surface area contributed by atoms with Gasteiger partial charge in [-0.25, -0.2) is 8.42 Å². The zero-order chi connectivity index (χ0) is 25.3. The lowest BCUT2D eigenvalue weighted by Gasteiger charge is -2.32. The molecule has 2 rings (SSSR count). The number of hydrogen-bond acceptors (Lipinski definition) is 5. The van der Waals surface area contributed by atoms with E-state index in [9.17, 15) is 18.0 Å². The highest BCUT2D eigenvalue weighted by Crippen LogP contribution is 2.30. The van der Waals surface area contributed by atoms with E-state index < -0.39 is 28.5 Å². The third-order valence-corrected chi connectivity index (χ3v) is 6.47. The van der Waals surface area contributed by atoms with E-state index in [2.05, 4.69) is 5.32 Å². The lowest BCUT2D eigenvalue weighted by atomic mass is 10.1. The van der Waals surface area contributed by atoms with Crippen molar-refractivity contribution >= 4 is 39.1 Å². The minimum atomic E-state index is -3.84. The number of nitrogens with one attached hydrogen (secondary N) is 1. The topological polar surface area (TPSA) is 96.0 Å². The van der Waals surface area contributed by atoms with E-state index in [0.717, 1.165) is 22.5 Å². The minimum Gasteiger partial charge on any atom is -0.492 e. The summed E-state index contributed by atoms with van der Waals surface area (Å²) < 4.78 is 32.0. The summed E-state index contributed by atoms with van der Waals surface area (Å²) in [6, 6.07) is 12.7. The average molecular weight is 510 g/mol. The van der Waals surface area contributed by atoms with Crippen LogP contribution in [0.5, 0.6) is 5.75 Å². The molecule has 0 aromatic heterocycles. The van der Waals surface area contributed by atoms with Gasteiger partial charge in [0, 0.05) is 18.1 Å². The van der Waals surface area contributed by atoms with Crippen molar-refractivity contribution in [2.45, 2.75) is 39.8 Å². The minimum absolute atomic E-state index is 0.113. The van der Waals surface area contributed by atoms with Gasteiger partial charge in [-0.2, -0.15) is 0 Å². The lowest BCUT2D eigenvalue weighted by Crippen LogP contribution is -2.51. The van der Waals surface area contributed by atoms with E-state index in [1.807, 2.05) is 6.92 Å². The van der Waals surface area contributed by atoms with Gasteiger partial charge >= 0.3 is 0 Å². The van der Waals surface area contributed by atoms with Gasteiger partial charge in [0.25, 0.3) is 0 Å². The summed E-state index contributed by atoms with van der Waals surface area (Å²) in [6.45, 7) is 5.78. The van der Waals surface area contributed by atoms with Gasteiger partial charge in [-0.05, 0) is 50.1 Å². The van der Waals surface area contributed by atoms with Gasteiger partial charge < -0.3 is 15.0 Å². The molecule has 10 heteroatoms. The van der Waals surface area contributed by atoms with Crippen molar-refractivity contribution in [2.75, 3.05) is 30.3 Å². The Morgan fingerprint density at radius 1 is 1.09 bits per heavy atom. The number of hydrogen-bond donors (Lipinski definition) is 1. The number of nitrogens with zero attached hydrogens (tertiary/aromatic N) is 2. The Morgan fingerprint density at radius 3 is 2.32 bits per heavy atom. The van der Waals surface area contributed by atoms with Crippen molar-refractivity contribution in [3.8, 4) is 5.75 Å². The molecule has 0 saturated heterocycles. The van der Waals surface area contributed by atoms with Gasteiger partial charge in [0.1, 0.15) is 18.3 Å². The fraction of sp³-hybridized carbons (Fsp3) is 0.417. The Bertz CT molecular complexity index is 1080. The predicted octanol–water partition coefficient (Wildman–Crippen LogP) is 3.45. The van der Waals surface area contributed by atoms with E-state index in [4.69, 9.17) is 16.3 Å². The molecule has 0 bridgehead atoms. The molecule has 186 valence electrons. The number of para-hydroxylation sites is 2. The number of ether oxygens (including phenoxy) is 1. The number of carbonyl (C=O) groups is 2. The highest BCUT2D eigenvalue weighted by molar-refractivity contribution is 7.92. The molecule has 8 nitrogen and oxygen atoms in total. The molecule has 1 N–H and O–H groups in total. The molecule has 1 atom stereocenters. The summed E-state index contributed by atoms with van der Waals surface area (Å²) >= 11 is 5.98. The zero-order valence-electron chi connectivity index (χ0n) is 20.0. The second-order valence-electron chi connectivity index (χ2n) is 7.79. The van der Waals surface area contributed by atoms with Gasteiger partial charge in [-0.1, -0.05) is 42.8 Å². The molecule has 0 saturated carbocycles. The Morgan fingerprint density at radius 2 is 1.74 bits per heavy atom. The van der Waals surface area contributed by atoms with E-state index in [-0.39, 0.29) is 18.1 Å². The number of benzene rings is 2. The van der Waals surface area contributed by atoms with Crippen LogP contribution in [0.1, 0.15) is 32.8 Å². The second-order valence-corrected chi connectivity index (χ2v) is 10.1. The van der Waals surface area contributed by atoms with Crippen molar-refractivity contribution in [2.24, 2.45) is 0 Å². The number of amides is 2. The van der Waals surface area contributed by atoms with Gasteiger partial charge in [-0.3, -0.25) is 13.9 Å². The van der Waals surface area contributed by atoms with Crippen LogP contribution in [0.2, 0.25) is 5.02 Å². The molecule has 0 radical (unpaired) electrons. The van der Waals surface area contributed by atoms with Crippen LogP contribution in [0.3, 0.4) is 0 Å². The highest BCUT2D eigenvalue weighted by atomic mass is 35.5. The van der Waals surface area contributed by atoms with Gasteiger partial charge in [0.15, 0.2) is 0 Å². The first kappa shape index (κ1) is 27.5. The van der Waals surface area contributed by atoms with Crippen molar-refractivity contribution in [3.63, 3.8) is 0 Å². The summed E-state index contributed by atoms with van der Waals surface area (Å²) in [6.07, 6.45) is 1.78. The number of halogens is 1. The molecular formula is C24H32ClN3O5S. The van der Waals surface area contributed by atoms with Crippen LogP contribution in [-0.4, -0.2) is 57.1 Å². The Hall–Kier alpha value is -2.78. The van der Waals surface area contributed by atoms with Crippen molar-refractivity contribution < 1.29 is 22.7 Å². The smallest absolute Gasteiger partial charge is 0.244 e. The number of sulfonamides is 1. The SMILES string of the molecule is CCCNC(=O)C(C)N(Cc1ccc(Cl)cc1)C(=O)CN(c1ccccc1OCC)S(C)(=O)=O. The number of anilines is 1. The maximum atomic E-state index is 13.5. The van der Waals surface area contributed by atoms with Gasteiger partial charge in [0.05, 0.1) is 18.6 Å². The first-order valence-electron chi connectivity index (χ1n) is 11.1. The molecule has 0 fully saturated rings. The fourth-order valence-corrected chi connectivity index (χ4v) is 4.28. The maximum Gasteiger partial charge on any atom is 0.244 e. The molecule has 0 aliphatic rings. The highest BCUT2D eigenvalue weighted by Gasteiger charge is 2.31. The molecule has 0 heterocycles. The van der Waals surface area contributed by atoms with Crippen molar-refractivity contribution in [3.05, 3.63) is 59.1 Å². The number of rotatable bonds is 12. The van der Waals surface area contributed by atoms with E-state index in [0.29, 0.717) is 23.9 Å². The molecule has 0 aliphatic heterocycles. The molecule has 0 aliphatic carbocycles. The first-order chi connectivity index (χ1) is 16.1. The Kier molecular flexibility index (Phi) is 10.2. The van der Waals surface area contributed by atoms with Crippen LogP contribution in [0.4, 0.5) is 5.69 Å². The molecule has 34 heavy (non-hydrogen) atoms. The average Bonchev–Trinajstić information content (AvgIpc) is 2.80. The van der Waals surface area contributed by atoms with Crippen LogP contribution in [-0.2, 0) is 26.2 Å². The summed E-state index contributed by atoms with van der Waals surface area (Å²) in [5.74, 6) is -0.489. The molecule has 1 unspecified atom stereocenters. The molecule has 2 aromatic carbocycles. The first-order valence-corrected chi connectivity index (χ1v) is 13.3. The van der Waals surface area contributed by atoms with E-state index >= 15 is 0 Å². The second kappa shape index (κ2) is 12.6. The lowest BCUT2D eigenvalue weighted by molar-refractivity contribution is -0.139. The third-order valence-electron chi connectivity index (χ3n) is 5.10. The molecule has 2 amide bonds. The molecule has 2 aromatic rings. The Labute approximate surface area is 206 Å². The summed E-state index contributed by atoms with van der Waals surface area (Å²) in [5, 5.41) is 3.35. The quantitative estimate of drug-likeness (QED) is 0.472. The number of carbonyl (C=O) groups excluding carboxylic acids is 2. The standard InChI is InChI=1S/C24H32ClN3O5S/c1-5-15-26-24(30)18(3)27(16-19-11-13-20(25)14-12-19)23(29)17-28(34(4,31)32)21-9-7-8-10-22(21)33-6-2/h7-14,18H,5-6,15-17H2,1-4H3,(H,26,30). The molecule has 0 spiro atoms. The van der Waals surface area contributed by atoms with E-state index in [1.54, 1.807) is 62.4 Å². The van der Waals surface area contributed by atoms with Crippen LogP contribution >= 0.6 is 11.6 Å². The normalized spacial score (nSPS) is 12.0. The zero-order valence-corrected chi connectivity index (χ0v) is 21.5. The van der Waals surface area contributed by atoms with Gasteiger partial charge in [-0.15, -0.1) is 0 Å². The largest absolute Gasteiger partial charge is 0.492 e.